The van der Waals surface area contributed by atoms with Crippen molar-refractivity contribution in [1.82, 2.24) is 15.0 Å². The zero-order valence-corrected chi connectivity index (χ0v) is 14.4. The highest BCUT2D eigenvalue weighted by molar-refractivity contribution is 5.86. The quantitative estimate of drug-likeness (QED) is 0.546. The number of ether oxygens (including phenoxy) is 1. The Hall–Kier alpha value is -3.41. The second-order valence-corrected chi connectivity index (χ2v) is 5.90. The minimum absolute atomic E-state index is 0.166. The second-order valence-electron chi connectivity index (χ2n) is 5.90. The van der Waals surface area contributed by atoms with Crippen LogP contribution in [0.2, 0.25) is 0 Å². The lowest BCUT2D eigenvalue weighted by atomic mass is 10.1. The first-order valence-corrected chi connectivity index (χ1v) is 8.17. The van der Waals surface area contributed by atoms with Crippen LogP contribution in [0.5, 0.6) is 5.75 Å². The standard InChI is InChI=1S/C20H19N3O3/c1-14(2)20(25)26-12-11-15-7-9-16(10-8-15)23-13-18(21-22-23)17-5-3-4-6-19(17)24/h3-10,13,24H,1,11-12H2,2H3. The highest BCUT2D eigenvalue weighted by atomic mass is 16.5. The van der Waals surface area contributed by atoms with Crippen LogP contribution in [0, 0.1) is 0 Å². The minimum atomic E-state index is -0.374. The SMILES string of the molecule is C=C(C)C(=O)OCCc1ccc(-n2cc(-c3ccccc3O)nn2)cc1. The van der Waals surface area contributed by atoms with Gasteiger partial charge in [-0.1, -0.05) is 36.1 Å². The summed E-state index contributed by atoms with van der Waals surface area (Å²) in [6.07, 6.45) is 2.39. The maximum absolute atomic E-state index is 11.4. The van der Waals surface area contributed by atoms with Crippen molar-refractivity contribution in [2.75, 3.05) is 6.61 Å². The summed E-state index contributed by atoms with van der Waals surface area (Å²) >= 11 is 0. The first-order chi connectivity index (χ1) is 12.5. The summed E-state index contributed by atoms with van der Waals surface area (Å²) in [5, 5.41) is 18.2. The fourth-order valence-electron chi connectivity index (χ4n) is 2.40. The predicted molar refractivity (Wildman–Crippen MR) is 97.9 cm³/mol. The highest BCUT2D eigenvalue weighted by Gasteiger charge is 2.09. The number of carbonyl (C=O) groups excluding carboxylic acids is 1. The third kappa shape index (κ3) is 3.97. The van der Waals surface area contributed by atoms with E-state index in [1.54, 1.807) is 36.0 Å². The van der Waals surface area contributed by atoms with Crippen molar-refractivity contribution in [3.8, 4) is 22.7 Å². The molecule has 132 valence electrons. The summed E-state index contributed by atoms with van der Waals surface area (Å²) in [6, 6.07) is 14.7. The largest absolute Gasteiger partial charge is 0.507 e. The van der Waals surface area contributed by atoms with Gasteiger partial charge in [-0.05, 0) is 36.8 Å². The number of rotatable bonds is 6. The van der Waals surface area contributed by atoms with Gasteiger partial charge in [0.05, 0.1) is 18.5 Å². The van der Waals surface area contributed by atoms with Crippen molar-refractivity contribution in [3.63, 3.8) is 0 Å². The summed E-state index contributed by atoms with van der Waals surface area (Å²) in [7, 11) is 0. The van der Waals surface area contributed by atoms with E-state index in [9.17, 15) is 9.90 Å². The molecule has 0 radical (unpaired) electrons. The van der Waals surface area contributed by atoms with Gasteiger partial charge in [-0.25, -0.2) is 9.48 Å². The number of aromatic hydroxyl groups is 1. The molecule has 0 bridgehead atoms. The Morgan fingerprint density at radius 3 is 2.62 bits per heavy atom. The van der Waals surface area contributed by atoms with E-state index in [4.69, 9.17) is 4.74 Å². The van der Waals surface area contributed by atoms with Gasteiger partial charge >= 0.3 is 5.97 Å². The molecular formula is C20H19N3O3. The third-order valence-electron chi connectivity index (χ3n) is 3.85. The molecule has 6 heteroatoms. The van der Waals surface area contributed by atoms with Crippen LogP contribution in [0.15, 0.2) is 66.9 Å². The van der Waals surface area contributed by atoms with Crippen LogP contribution in [0.1, 0.15) is 12.5 Å². The number of benzene rings is 2. The van der Waals surface area contributed by atoms with Gasteiger partial charge in [0.1, 0.15) is 11.4 Å². The van der Waals surface area contributed by atoms with Crippen molar-refractivity contribution in [2.45, 2.75) is 13.3 Å². The topological polar surface area (TPSA) is 77.2 Å². The summed E-state index contributed by atoms with van der Waals surface area (Å²) < 4.78 is 6.74. The van der Waals surface area contributed by atoms with Gasteiger partial charge in [-0.15, -0.1) is 5.10 Å². The van der Waals surface area contributed by atoms with E-state index in [2.05, 4.69) is 16.9 Å². The number of hydrogen-bond donors (Lipinski definition) is 1. The maximum atomic E-state index is 11.4. The molecule has 1 aromatic heterocycles. The molecule has 0 saturated heterocycles. The summed E-state index contributed by atoms with van der Waals surface area (Å²) in [6.45, 7) is 5.48. The number of para-hydroxylation sites is 1. The lowest BCUT2D eigenvalue weighted by molar-refractivity contribution is -0.138. The van der Waals surface area contributed by atoms with E-state index in [0.717, 1.165) is 11.3 Å². The van der Waals surface area contributed by atoms with E-state index in [1.807, 2.05) is 30.3 Å². The van der Waals surface area contributed by atoms with Gasteiger partial charge in [-0.3, -0.25) is 0 Å². The van der Waals surface area contributed by atoms with Crippen molar-refractivity contribution < 1.29 is 14.6 Å². The van der Waals surface area contributed by atoms with Crippen LogP contribution >= 0.6 is 0 Å². The molecule has 0 unspecified atom stereocenters. The number of esters is 1. The van der Waals surface area contributed by atoms with Crippen LogP contribution in [0.25, 0.3) is 16.9 Å². The van der Waals surface area contributed by atoms with Crippen LogP contribution in [-0.2, 0) is 16.0 Å². The molecule has 1 N–H and O–H groups in total. The van der Waals surface area contributed by atoms with E-state index < -0.39 is 0 Å². The molecule has 26 heavy (non-hydrogen) atoms. The smallest absolute Gasteiger partial charge is 0.333 e. The Kier molecular flexibility index (Phi) is 5.12. The lowest BCUT2D eigenvalue weighted by Gasteiger charge is -2.05. The molecule has 3 aromatic rings. The second kappa shape index (κ2) is 7.65. The van der Waals surface area contributed by atoms with Crippen molar-refractivity contribution in [1.29, 1.82) is 0 Å². The van der Waals surface area contributed by atoms with E-state index in [1.165, 1.54) is 0 Å². The molecule has 1 heterocycles. The molecular weight excluding hydrogens is 330 g/mol. The molecule has 0 spiro atoms. The zero-order valence-electron chi connectivity index (χ0n) is 14.4. The van der Waals surface area contributed by atoms with Crippen molar-refractivity contribution in [2.24, 2.45) is 0 Å². The van der Waals surface area contributed by atoms with Crippen LogP contribution in [0.3, 0.4) is 0 Å². The molecule has 0 fully saturated rings. The van der Waals surface area contributed by atoms with Gasteiger partial charge < -0.3 is 9.84 Å². The number of nitrogens with zero attached hydrogens (tertiary/aromatic N) is 3. The Morgan fingerprint density at radius 2 is 1.92 bits per heavy atom. The molecule has 6 nitrogen and oxygen atoms in total. The number of carbonyl (C=O) groups is 1. The van der Waals surface area contributed by atoms with Crippen molar-refractivity contribution >= 4 is 5.97 Å². The minimum Gasteiger partial charge on any atom is -0.507 e. The lowest BCUT2D eigenvalue weighted by Crippen LogP contribution is -2.08. The molecule has 0 atom stereocenters. The number of hydrogen-bond acceptors (Lipinski definition) is 5. The molecule has 2 aromatic carbocycles. The number of aromatic nitrogens is 3. The van der Waals surface area contributed by atoms with Gasteiger partial charge in [0.25, 0.3) is 0 Å². The first kappa shape index (κ1) is 17.4. The monoisotopic (exact) mass is 349 g/mol. The third-order valence-corrected chi connectivity index (χ3v) is 3.85. The highest BCUT2D eigenvalue weighted by Crippen LogP contribution is 2.26. The van der Waals surface area contributed by atoms with Gasteiger partial charge in [0.2, 0.25) is 0 Å². The molecule has 0 aliphatic rings. The Bertz CT molecular complexity index is 929. The van der Waals surface area contributed by atoms with Crippen LogP contribution < -0.4 is 0 Å². The fraction of sp³-hybridized carbons (Fsp3) is 0.150. The van der Waals surface area contributed by atoms with Crippen molar-refractivity contribution in [3.05, 3.63) is 72.4 Å². The Labute approximate surface area is 151 Å². The molecule has 0 aliphatic carbocycles. The molecule has 3 rings (SSSR count). The molecule has 0 aliphatic heterocycles. The Morgan fingerprint density at radius 1 is 1.19 bits per heavy atom. The number of phenolic OH excluding ortho intramolecular Hbond substituents is 1. The van der Waals surface area contributed by atoms with E-state index >= 15 is 0 Å². The first-order valence-electron chi connectivity index (χ1n) is 8.17. The van der Waals surface area contributed by atoms with E-state index in [-0.39, 0.29) is 11.7 Å². The summed E-state index contributed by atoms with van der Waals surface area (Å²) in [5.74, 6) is -0.208. The summed E-state index contributed by atoms with van der Waals surface area (Å²) in [4.78, 5) is 11.4. The normalized spacial score (nSPS) is 10.5. The average Bonchev–Trinajstić information content (AvgIpc) is 3.12. The zero-order chi connectivity index (χ0) is 18.5. The van der Waals surface area contributed by atoms with Gasteiger partial charge in [-0.2, -0.15) is 0 Å². The van der Waals surface area contributed by atoms with Crippen LogP contribution in [-0.4, -0.2) is 32.7 Å². The Balaban J connectivity index is 1.67. The van der Waals surface area contributed by atoms with E-state index in [0.29, 0.717) is 29.9 Å². The maximum Gasteiger partial charge on any atom is 0.333 e. The van der Waals surface area contributed by atoms with Gasteiger partial charge in [0, 0.05) is 17.6 Å². The van der Waals surface area contributed by atoms with Crippen LogP contribution in [0.4, 0.5) is 0 Å². The average molecular weight is 349 g/mol. The number of phenols is 1. The van der Waals surface area contributed by atoms with Gasteiger partial charge in [0.15, 0.2) is 0 Å². The fourth-order valence-corrected chi connectivity index (χ4v) is 2.40. The summed E-state index contributed by atoms with van der Waals surface area (Å²) in [5.41, 5.74) is 3.52. The molecule has 0 amide bonds. The molecule has 0 saturated carbocycles. The predicted octanol–water partition coefficient (Wildman–Crippen LogP) is 3.30.